The minimum absolute atomic E-state index is 0.0136. The topological polar surface area (TPSA) is 63.6 Å². The summed E-state index contributed by atoms with van der Waals surface area (Å²) in [7, 11) is 0. The SMILES string of the molecule is CC(=O)OC1CC[C@@]2(C)C(CC[C@]3(C)C2CC=C2C4CC(C)(C)CC[C@]4(C)CC[C@]23C)[C@@]1(C)C(=O)O. The van der Waals surface area contributed by atoms with Crippen LogP contribution in [0.1, 0.15) is 120 Å². The van der Waals surface area contributed by atoms with E-state index in [0.717, 1.165) is 25.7 Å². The lowest BCUT2D eigenvalue weighted by Gasteiger charge is -2.71. The van der Waals surface area contributed by atoms with Gasteiger partial charge in [0, 0.05) is 6.92 Å². The van der Waals surface area contributed by atoms with Crippen molar-refractivity contribution in [3.63, 3.8) is 0 Å². The van der Waals surface area contributed by atoms with Gasteiger partial charge in [0.05, 0.1) is 0 Å². The van der Waals surface area contributed by atoms with Crippen molar-refractivity contribution in [3.8, 4) is 0 Å². The maximum absolute atomic E-state index is 12.8. The number of allylic oxidation sites excluding steroid dienone is 2. The molecule has 0 saturated heterocycles. The lowest BCUT2D eigenvalue weighted by atomic mass is 9.33. The monoisotopic (exact) mass is 498 g/mol. The van der Waals surface area contributed by atoms with Crippen molar-refractivity contribution < 1.29 is 19.4 Å². The first-order valence-electron chi connectivity index (χ1n) is 14.6. The number of carboxylic acid groups (broad SMARTS) is 1. The standard InChI is InChI=1S/C32H50O4/c1-20(33)36-25-12-13-29(5)23-10-9-21-22-19-27(2,3)15-16-28(22,4)17-18-30(21,6)31(23,7)14-11-24(29)32(25,8)26(34)35/h9,22-25H,10-19H2,1-8H3,(H,34,35)/t22?,23?,24?,25?,28-,29-,30-,31-,32-/m1/s1. The predicted molar refractivity (Wildman–Crippen MR) is 142 cm³/mol. The van der Waals surface area contributed by atoms with Crippen LogP contribution in [0.3, 0.4) is 0 Å². The Labute approximate surface area is 219 Å². The van der Waals surface area contributed by atoms with E-state index in [-0.39, 0.29) is 28.1 Å². The zero-order valence-corrected chi connectivity index (χ0v) is 24.1. The first-order valence-corrected chi connectivity index (χ1v) is 14.6. The molecule has 0 radical (unpaired) electrons. The second kappa shape index (κ2) is 7.85. The minimum Gasteiger partial charge on any atom is -0.481 e. The van der Waals surface area contributed by atoms with Crippen LogP contribution < -0.4 is 0 Å². The summed E-state index contributed by atoms with van der Waals surface area (Å²) in [6, 6.07) is 0. The number of aliphatic carboxylic acids is 1. The first kappa shape index (κ1) is 26.3. The van der Waals surface area contributed by atoms with Gasteiger partial charge in [0.2, 0.25) is 0 Å². The first-order chi connectivity index (χ1) is 16.5. The fraction of sp³-hybridized carbons (Fsp3) is 0.875. The molecule has 4 saturated carbocycles. The van der Waals surface area contributed by atoms with Crippen LogP contribution in [0.4, 0.5) is 0 Å². The molecule has 202 valence electrons. The van der Waals surface area contributed by atoms with Gasteiger partial charge in [-0.1, -0.05) is 53.2 Å². The summed E-state index contributed by atoms with van der Waals surface area (Å²) in [4.78, 5) is 24.8. The second-order valence-electron chi connectivity index (χ2n) is 15.6. The third kappa shape index (κ3) is 3.30. The van der Waals surface area contributed by atoms with Crippen molar-refractivity contribution in [2.24, 2.45) is 50.2 Å². The Hall–Kier alpha value is -1.32. The highest BCUT2D eigenvalue weighted by Crippen LogP contribution is 2.75. The molecule has 4 fully saturated rings. The molecule has 1 N–H and O–H groups in total. The predicted octanol–water partition coefficient (Wildman–Crippen LogP) is 7.80. The molecule has 0 aromatic carbocycles. The van der Waals surface area contributed by atoms with E-state index in [0.29, 0.717) is 29.1 Å². The van der Waals surface area contributed by atoms with Crippen molar-refractivity contribution >= 4 is 11.9 Å². The normalized spacial score (nSPS) is 51.5. The summed E-state index contributed by atoms with van der Waals surface area (Å²) in [5, 5.41) is 10.5. The number of fused-ring (bicyclic) bond motifs is 7. The van der Waals surface area contributed by atoms with Gasteiger partial charge in [0.25, 0.3) is 0 Å². The van der Waals surface area contributed by atoms with Gasteiger partial charge < -0.3 is 9.84 Å². The molecule has 5 aliphatic rings. The lowest BCUT2D eigenvalue weighted by Crippen LogP contribution is -2.66. The molecule has 5 aliphatic carbocycles. The molecule has 4 heteroatoms. The zero-order chi connectivity index (χ0) is 26.5. The zero-order valence-electron chi connectivity index (χ0n) is 24.1. The Morgan fingerprint density at radius 1 is 0.889 bits per heavy atom. The quantitative estimate of drug-likeness (QED) is 0.311. The van der Waals surface area contributed by atoms with Crippen LogP contribution in [0.25, 0.3) is 0 Å². The Kier molecular flexibility index (Phi) is 5.74. The summed E-state index contributed by atoms with van der Waals surface area (Å²) >= 11 is 0. The molecular weight excluding hydrogens is 448 g/mol. The summed E-state index contributed by atoms with van der Waals surface area (Å²) in [6.45, 7) is 18.3. The number of hydrogen-bond donors (Lipinski definition) is 1. The van der Waals surface area contributed by atoms with E-state index in [1.54, 1.807) is 5.57 Å². The summed E-state index contributed by atoms with van der Waals surface area (Å²) in [5.74, 6) is -0.0260. The smallest absolute Gasteiger partial charge is 0.313 e. The number of ether oxygens (including phenoxy) is 1. The molecule has 9 atom stereocenters. The van der Waals surface area contributed by atoms with Gasteiger partial charge >= 0.3 is 11.9 Å². The van der Waals surface area contributed by atoms with Crippen LogP contribution in [0.5, 0.6) is 0 Å². The summed E-state index contributed by atoms with van der Waals surface area (Å²) < 4.78 is 5.69. The molecule has 0 aliphatic heterocycles. The molecular formula is C32H50O4. The van der Waals surface area contributed by atoms with Gasteiger partial charge in [-0.05, 0) is 116 Å². The summed E-state index contributed by atoms with van der Waals surface area (Å²) in [6.07, 6.45) is 13.3. The Balaban J connectivity index is 1.56. The largest absolute Gasteiger partial charge is 0.481 e. The van der Waals surface area contributed by atoms with Gasteiger partial charge in [0.15, 0.2) is 0 Å². The molecule has 0 aromatic rings. The van der Waals surface area contributed by atoms with Crippen molar-refractivity contribution in [1.29, 1.82) is 0 Å². The van der Waals surface area contributed by atoms with Crippen LogP contribution in [0.15, 0.2) is 11.6 Å². The van der Waals surface area contributed by atoms with E-state index in [1.807, 2.05) is 6.92 Å². The van der Waals surface area contributed by atoms with E-state index >= 15 is 0 Å². The van der Waals surface area contributed by atoms with E-state index in [2.05, 4.69) is 47.6 Å². The molecule has 0 bridgehead atoms. The lowest BCUT2D eigenvalue weighted by molar-refractivity contribution is -0.222. The molecule has 0 spiro atoms. The third-order valence-corrected chi connectivity index (χ3v) is 13.4. The minimum atomic E-state index is -1.04. The molecule has 5 rings (SSSR count). The second-order valence-corrected chi connectivity index (χ2v) is 15.6. The number of carbonyl (C=O) groups excluding carboxylic acids is 1. The van der Waals surface area contributed by atoms with Crippen molar-refractivity contribution in [2.45, 2.75) is 126 Å². The van der Waals surface area contributed by atoms with Gasteiger partial charge in [-0.15, -0.1) is 0 Å². The van der Waals surface area contributed by atoms with Gasteiger partial charge in [0.1, 0.15) is 11.5 Å². The highest BCUT2D eigenvalue weighted by Gasteiger charge is 2.70. The van der Waals surface area contributed by atoms with Crippen LogP contribution in [-0.4, -0.2) is 23.1 Å². The molecule has 36 heavy (non-hydrogen) atoms. The van der Waals surface area contributed by atoms with Gasteiger partial charge in [-0.25, -0.2) is 0 Å². The molecule has 4 nitrogen and oxygen atoms in total. The average molecular weight is 499 g/mol. The van der Waals surface area contributed by atoms with Gasteiger partial charge in [-0.2, -0.15) is 0 Å². The number of carbonyl (C=O) groups is 2. The fourth-order valence-corrected chi connectivity index (χ4v) is 10.9. The Bertz CT molecular complexity index is 996. The summed E-state index contributed by atoms with van der Waals surface area (Å²) in [5.41, 5.74) is 1.81. The van der Waals surface area contributed by atoms with Crippen molar-refractivity contribution in [2.75, 3.05) is 0 Å². The Morgan fingerprint density at radius 3 is 2.19 bits per heavy atom. The van der Waals surface area contributed by atoms with E-state index in [4.69, 9.17) is 4.74 Å². The van der Waals surface area contributed by atoms with E-state index < -0.39 is 17.5 Å². The number of hydrogen-bond acceptors (Lipinski definition) is 3. The number of carboxylic acids is 1. The van der Waals surface area contributed by atoms with Crippen molar-refractivity contribution in [1.82, 2.24) is 0 Å². The number of esters is 1. The number of rotatable bonds is 2. The van der Waals surface area contributed by atoms with Crippen LogP contribution >= 0.6 is 0 Å². The van der Waals surface area contributed by atoms with Gasteiger partial charge in [-0.3, -0.25) is 9.59 Å². The van der Waals surface area contributed by atoms with Crippen LogP contribution in [-0.2, 0) is 14.3 Å². The van der Waals surface area contributed by atoms with E-state index in [9.17, 15) is 14.7 Å². The molecule has 0 heterocycles. The maximum atomic E-state index is 12.8. The maximum Gasteiger partial charge on any atom is 0.313 e. The Morgan fingerprint density at radius 2 is 1.56 bits per heavy atom. The highest BCUT2D eigenvalue weighted by atomic mass is 16.5. The van der Waals surface area contributed by atoms with Crippen molar-refractivity contribution in [3.05, 3.63) is 11.6 Å². The molecule has 0 aromatic heterocycles. The third-order valence-electron chi connectivity index (χ3n) is 13.4. The average Bonchev–Trinajstić information content (AvgIpc) is 2.77. The van der Waals surface area contributed by atoms with E-state index in [1.165, 1.54) is 39.0 Å². The fourth-order valence-electron chi connectivity index (χ4n) is 10.9. The molecule has 0 amide bonds. The highest BCUT2D eigenvalue weighted by molar-refractivity contribution is 5.77. The van der Waals surface area contributed by atoms with Crippen LogP contribution in [0, 0.1) is 50.2 Å². The molecule has 4 unspecified atom stereocenters. The van der Waals surface area contributed by atoms with Crippen LogP contribution in [0.2, 0.25) is 0 Å².